The molecule has 1 N–H and O–H groups in total. The predicted molar refractivity (Wildman–Crippen MR) is 127 cm³/mol. The fourth-order valence-electron chi connectivity index (χ4n) is 4.06. The Kier molecular flexibility index (Phi) is 6.34. The Labute approximate surface area is 200 Å². The van der Waals surface area contributed by atoms with Crippen molar-refractivity contribution in [2.24, 2.45) is 0 Å². The van der Waals surface area contributed by atoms with Gasteiger partial charge in [-0.3, -0.25) is 14.5 Å². The third-order valence-electron chi connectivity index (χ3n) is 5.97. The van der Waals surface area contributed by atoms with Gasteiger partial charge < -0.3 is 15.0 Å². The maximum atomic E-state index is 15.0. The number of carbonyl (C=O) groups excluding carboxylic acids is 2. The fourth-order valence-corrected chi connectivity index (χ4v) is 4.72. The van der Waals surface area contributed by atoms with Gasteiger partial charge in [-0.05, 0) is 55.2 Å². The van der Waals surface area contributed by atoms with Crippen LogP contribution in [-0.4, -0.2) is 36.1 Å². The van der Waals surface area contributed by atoms with E-state index in [4.69, 9.17) is 35.1 Å². The summed E-state index contributed by atoms with van der Waals surface area (Å²) in [6.07, 6.45) is 2.04. The number of carbonyl (C=O) groups is 2. The standard InChI is InChI=1S/C23H20ClFN4O3S/c1-26-16-8-9-17(20(25)19(16)24)28-21(31)23(10-3-11-23)29(22(28)33)15-6-4-14(5-7-15)12-32-13-18(30)27-2/h4-9H,3,10-13H2,2H3,(H,27,30). The molecule has 0 bridgehead atoms. The van der Waals surface area contributed by atoms with Crippen molar-refractivity contribution in [3.63, 3.8) is 0 Å². The summed E-state index contributed by atoms with van der Waals surface area (Å²) in [5, 5.41) is 2.32. The number of amides is 2. The van der Waals surface area contributed by atoms with Gasteiger partial charge in [0.2, 0.25) is 11.6 Å². The lowest BCUT2D eigenvalue weighted by Crippen LogP contribution is -2.55. The highest BCUT2D eigenvalue weighted by Gasteiger charge is 2.59. The van der Waals surface area contributed by atoms with Gasteiger partial charge in [-0.15, -0.1) is 0 Å². The highest BCUT2D eigenvalue weighted by atomic mass is 35.5. The number of benzene rings is 2. The summed E-state index contributed by atoms with van der Waals surface area (Å²) >= 11 is 11.7. The van der Waals surface area contributed by atoms with E-state index in [0.717, 1.165) is 12.0 Å². The van der Waals surface area contributed by atoms with Crippen molar-refractivity contribution in [2.75, 3.05) is 23.5 Å². The van der Waals surface area contributed by atoms with Gasteiger partial charge in [-0.2, -0.15) is 0 Å². The van der Waals surface area contributed by atoms with Crippen molar-refractivity contribution in [2.45, 2.75) is 31.4 Å². The SMILES string of the molecule is [C-]#[N+]c1ccc(N2C(=O)C3(CCC3)N(c3ccc(COCC(=O)NC)cc3)C2=S)c(F)c1Cl. The molecule has 1 aliphatic heterocycles. The summed E-state index contributed by atoms with van der Waals surface area (Å²) in [5.74, 6) is -1.36. The molecule has 0 atom stereocenters. The minimum absolute atomic E-state index is 0.0279. The van der Waals surface area contributed by atoms with Gasteiger partial charge >= 0.3 is 0 Å². The molecular formula is C23H20ClFN4O3S. The normalized spacial score (nSPS) is 16.7. The highest BCUT2D eigenvalue weighted by molar-refractivity contribution is 7.81. The van der Waals surface area contributed by atoms with E-state index in [2.05, 4.69) is 10.2 Å². The number of nitrogens with one attached hydrogen (secondary N) is 1. The molecule has 170 valence electrons. The number of hydrogen-bond donors (Lipinski definition) is 1. The second-order valence-corrected chi connectivity index (χ2v) is 8.56. The van der Waals surface area contributed by atoms with Crippen LogP contribution in [0.1, 0.15) is 24.8 Å². The highest BCUT2D eigenvalue weighted by Crippen LogP contribution is 2.48. The van der Waals surface area contributed by atoms with Gasteiger partial charge in [0.25, 0.3) is 5.91 Å². The number of thiocarbonyl (C=S) groups is 1. The molecule has 0 unspecified atom stereocenters. The molecule has 0 aromatic heterocycles. The van der Waals surface area contributed by atoms with Crippen LogP contribution in [0.15, 0.2) is 36.4 Å². The molecular weight excluding hydrogens is 467 g/mol. The van der Waals surface area contributed by atoms with E-state index in [1.54, 1.807) is 11.9 Å². The molecule has 2 amide bonds. The Morgan fingerprint density at radius 2 is 2.00 bits per heavy atom. The fraction of sp³-hybridized carbons (Fsp3) is 0.304. The minimum Gasteiger partial charge on any atom is -0.367 e. The number of rotatable bonds is 6. The van der Waals surface area contributed by atoms with Crippen LogP contribution in [0.3, 0.4) is 0 Å². The summed E-state index contributed by atoms with van der Waals surface area (Å²) in [6.45, 7) is 7.32. The van der Waals surface area contributed by atoms with Crippen LogP contribution in [0.4, 0.5) is 21.5 Å². The largest absolute Gasteiger partial charge is 0.367 e. The molecule has 33 heavy (non-hydrogen) atoms. The maximum absolute atomic E-state index is 15.0. The van der Waals surface area contributed by atoms with Crippen LogP contribution in [0.5, 0.6) is 0 Å². The third-order valence-corrected chi connectivity index (χ3v) is 6.70. The Balaban J connectivity index is 1.63. The van der Waals surface area contributed by atoms with Gasteiger partial charge in [0, 0.05) is 12.7 Å². The van der Waals surface area contributed by atoms with E-state index in [1.807, 2.05) is 24.3 Å². The van der Waals surface area contributed by atoms with Crippen LogP contribution >= 0.6 is 23.8 Å². The first-order valence-corrected chi connectivity index (χ1v) is 11.0. The van der Waals surface area contributed by atoms with Gasteiger partial charge in [-0.1, -0.05) is 29.8 Å². The molecule has 2 aliphatic rings. The molecule has 4 rings (SSSR count). The summed E-state index contributed by atoms with van der Waals surface area (Å²) in [5.41, 5.74) is 0.600. The summed E-state index contributed by atoms with van der Waals surface area (Å²) in [4.78, 5) is 30.9. The lowest BCUT2D eigenvalue weighted by atomic mass is 9.75. The predicted octanol–water partition coefficient (Wildman–Crippen LogP) is 4.35. The first-order valence-electron chi connectivity index (χ1n) is 10.3. The van der Waals surface area contributed by atoms with E-state index >= 15 is 4.39 Å². The van der Waals surface area contributed by atoms with Crippen molar-refractivity contribution >= 4 is 57.8 Å². The van der Waals surface area contributed by atoms with Crippen molar-refractivity contribution in [3.05, 3.63) is 64.2 Å². The average Bonchev–Trinajstić information content (AvgIpc) is 3.03. The smallest absolute Gasteiger partial charge is 0.259 e. The molecule has 10 heteroatoms. The lowest BCUT2D eigenvalue weighted by molar-refractivity contribution is -0.125. The Hall–Kier alpha value is -3.06. The molecule has 1 saturated carbocycles. The molecule has 1 heterocycles. The van der Waals surface area contributed by atoms with Gasteiger partial charge in [-0.25, -0.2) is 9.24 Å². The topological polar surface area (TPSA) is 66.2 Å². The molecule has 1 aliphatic carbocycles. The van der Waals surface area contributed by atoms with Gasteiger partial charge in [0.05, 0.1) is 23.9 Å². The lowest BCUT2D eigenvalue weighted by Gasteiger charge is -2.43. The first kappa shape index (κ1) is 23.1. The monoisotopic (exact) mass is 486 g/mol. The first-order chi connectivity index (χ1) is 15.8. The Morgan fingerprint density at radius 3 is 2.58 bits per heavy atom. The third kappa shape index (κ3) is 3.84. The van der Waals surface area contributed by atoms with E-state index in [0.29, 0.717) is 18.5 Å². The number of anilines is 2. The molecule has 2 fully saturated rings. The van der Waals surface area contributed by atoms with E-state index in [9.17, 15) is 9.59 Å². The summed E-state index contributed by atoms with van der Waals surface area (Å²) in [7, 11) is 1.54. The maximum Gasteiger partial charge on any atom is 0.259 e. The van der Waals surface area contributed by atoms with Crippen LogP contribution in [0.25, 0.3) is 4.85 Å². The second kappa shape index (κ2) is 9.06. The molecule has 2 aromatic rings. The van der Waals surface area contributed by atoms with Crippen molar-refractivity contribution in [3.8, 4) is 0 Å². The number of hydrogen-bond acceptors (Lipinski definition) is 4. The number of halogens is 2. The summed E-state index contributed by atoms with van der Waals surface area (Å²) < 4.78 is 20.4. The molecule has 1 saturated heterocycles. The van der Waals surface area contributed by atoms with Crippen molar-refractivity contribution in [1.82, 2.24) is 5.32 Å². The number of ether oxygens (including phenoxy) is 1. The minimum atomic E-state index is -0.869. The number of nitrogens with zero attached hydrogens (tertiary/aromatic N) is 3. The summed E-state index contributed by atoms with van der Waals surface area (Å²) in [6, 6.07) is 10.1. The van der Waals surface area contributed by atoms with Crippen molar-refractivity contribution < 1.29 is 18.7 Å². The van der Waals surface area contributed by atoms with E-state index in [-0.39, 0.29) is 46.5 Å². The second-order valence-electron chi connectivity index (χ2n) is 7.82. The van der Waals surface area contributed by atoms with E-state index in [1.165, 1.54) is 17.0 Å². The van der Waals surface area contributed by atoms with E-state index < -0.39 is 11.4 Å². The molecule has 2 aromatic carbocycles. The molecule has 0 radical (unpaired) electrons. The number of likely N-dealkylation sites (N-methyl/N-ethyl adjacent to an activating group) is 1. The van der Waals surface area contributed by atoms with Gasteiger partial charge in [0.1, 0.15) is 12.1 Å². The zero-order chi connectivity index (χ0) is 23.8. The van der Waals surface area contributed by atoms with Crippen LogP contribution in [0.2, 0.25) is 5.02 Å². The molecule has 1 spiro atoms. The van der Waals surface area contributed by atoms with Gasteiger partial charge in [0.15, 0.2) is 10.9 Å². The Morgan fingerprint density at radius 1 is 1.30 bits per heavy atom. The van der Waals surface area contributed by atoms with Crippen LogP contribution < -0.4 is 15.1 Å². The van der Waals surface area contributed by atoms with Crippen molar-refractivity contribution in [1.29, 1.82) is 0 Å². The average molecular weight is 487 g/mol. The quantitative estimate of drug-likeness (QED) is 0.485. The zero-order valence-electron chi connectivity index (χ0n) is 17.7. The van der Waals surface area contributed by atoms with Crippen LogP contribution in [0, 0.1) is 12.4 Å². The molecule has 7 nitrogen and oxygen atoms in total. The van der Waals surface area contributed by atoms with Crippen LogP contribution in [-0.2, 0) is 20.9 Å². The zero-order valence-corrected chi connectivity index (χ0v) is 19.3. The Bertz CT molecular complexity index is 1180.